The van der Waals surface area contributed by atoms with E-state index in [1.807, 2.05) is 0 Å². The van der Waals surface area contributed by atoms with Gasteiger partial charge >= 0.3 is 0 Å². The third kappa shape index (κ3) is 4.42. The van der Waals surface area contributed by atoms with Crippen LogP contribution in [0.5, 0.6) is 0 Å². The minimum atomic E-state index is -3.24. The van der Waals surface area contributed by atoms with Crippen molar-refractivity contribution >= 4 is 33.0 Å². The molecule has 0 spiro atoms. The van der Waals surface area contributed by atoms with Gasteiger partial charge in [0, 0.05) is 24.8 Å². The van der Waals surface area contributed by atoms with Crippen molar-refractivity contribution < 1.29 is 13.2 Å². The summed E-state index contributed by atoms with van der Waals surface area (Å²) in [6, 6.07) is 5.73. The molecule has 0 saturated heterocycles. The first-order chi connectivity index (χ1) is 8.30. The molecule has 7 heteroatoms. The predicted molar refractivity (Wildman–Crippen MR) is 73.3 cm³/mol. The van der Waals surface area contributed by atoms with Crippen LogP contribution >= 0.6 is 12.2 Å². The van der Waals surface area contributed by atoms with E-state index in [0.29, 0.717) is 23.5 Å². The maximum atomic E-state index is 11.6. The number of sulfone groups is 1. The molecular formula is C11H14N2O3S2. The molecule has 0 fully saturated rings. The number of nitrogens with one attached hydrogen (secondary N) is 1. The number of rotatable bonds is 5. The van der Waals surface area contributed by atoms with Crippen LogP contribution in [0.1, 0.15) is 16.8 Å². The maximum Gasteiger partial charge on any atom is 0.251 e. The van der Waals surface area contributed by atoms with E-state index in [1.165, 1.54) is 24.3 Å². The van der Waals surface area contributed by atoms with E-state index in [-0.39, 0.29) is 10.8 Å². The highest BCUT2D eigenvalue weighted by molar-refractivity contribution is 7.90. The summed E-state index contributed by atoms with van der Waals surface area (Å²) in [7, 11) is -3.24. The van der Waals surface area contributed by atoms with Gasteiger partial charge in [0.2, 0.25) is 0 Å². The van der Waals surface area contributed by atoms with Crippen molar-refractivity contribution in [2.24, 2.45) is 5.73 Å². The van der Waals surface area contributed by atoms with E-state index in [4.69, 9.17) is 5.73 Å². The SMILES string of the molecule is CS(=O)(=O)c1ccc(C(=O)NCCC(N)=S)cc1. The van der Waals surface area contributed by atoms with Crippen LogP contribution in [0.25, 0.3) is 0 Å². The zero-order valence-electron chi connectivity index (χ0n) is 9.84. The van der Waals surface area contributed by atoms with E-state index in [2.05, 4.69) is 17.5 Å². The van der Waals surface area contributed by atoms with Crippen molar-refractivity contribution in [3.63, 3.8) is 0 Å². The Morgan fingerprint density at radius 3 is 2.33 bits per heavy atom. The number of thiocarbonyl (C=S) groups is 1. The lowest BCUT2D eigenvalue weighted by molar-refractivity contribution is 0.0954. The molecule has 0 aliphatic rings. The normalized spacial score (nSPS) is 10.9. The van der Waals surface area contributed by atoms with E-state index >= 15 is 0 Å². The summed E-state index contributed by atoms with van der Waals surface area (Å²) < 4.78 is 22.5. The van der Waals surface area contributed by atoms with Crippen molar-refractivity contribution in [1.29, 1.82) is 0 Å². The standard InChI is InChI=1S/C11H14N2O3S2/c1-18(15,16)9-4-2-8(3-5-9)11(14)13-7-6-10(12)17/h2-5H,6-7H2,1H3,(H2,12,17)(H,13,14). The average molecular weight is 286 g/mol. The second-order valence-corrected chi connectivity index (χ2v) is 6.31. The Balaban J connectivity index is 2.68. The molecule has 1 rings (SSSR count). The van der Waals surface area contributed by atoms with Crippen LogP contribution in [0.3, 0.4) is 0 Å². The van der Waals surface area contributed by atoms with Gasteiger partial charge in [-0.2, -0.15) is 0 Å². The molecule has 0 aliphatic carbocycles. The third-order valence-electron chi connectivity index (χ3n) is 2.20. The van der Waals surface area contributed by atoms with Crippen molar-refractivity contribution in [3.05, 3.63) is 29.8 Å². The minimum Gasteiger partial charge on any atom is -0.393 e. The van der Waals surface area contributed by atoms with Crippen molar-refractivity contribution in [1.82, 2.24) is 5.32 Å². The molecule has 98 valence electrons. The Labute approximate surface area is 111 Å². The summed E-state index contributed by atoms with van der Waals surface area (Å²) in [5.41, 5.74) is 5.69. The van der Waals surface area contributed by atoms with E-state index in [1.54, 1.807) is 0 Å². The molecule has 0 bridgehead atoms. The number of carbonyl (C=O) groups excluding carboxylic acids is 1. The van der Waals surface area contributed by atoms with Crippen LogP contribution in [-0.2, 0) is 9.84 Å². The van der Waals surface area contributed by atoms with Gasteiger partial charge < -0.3 is 11.1 Å². The molecule has 0 saturated carbocycles. The molecule has 0 atom stereocenters. The monoisotopic (exact) mass is 286 g/mol. The number of hydrogen-bond donors (Lipinski definition) is 2. The second kappa shape index (κ2) is 5.92. The smallest absolute Gasteiger partial charge is 0.251 e. The van der Waals surface area contributed by atoms with Gasteiger partial charge in [-0.05, 0) is 24.3 Å². The summed E-state index contributed by atoms with van der Waals surface area (Å²) in [4.78, 5) is 12.2. The summed E-state index contributed by atoms with van der Waals surface area (Å²) in [5, 5.41) is 2.63. The zero-order chi connectivity index (χ0) is 13.8. The van der Waals surface area contributed by atoms with Gasteiger partial charge in [-0.3, -0.25) is 4.79 Å². The molecule has 1 aromatic rings. The fourth-order valence-corrected chi connectivity index (χ4v) is 1.99. The molecule has 1 amide bonds. The van der Waals surface area contributed by atoms with Crippen molar-refractivity contribution in [3.8, 4) is 0 Å². The first-order valence-electron chi connectivity index (χ1n) is 5.17. The molecule has 5 nitrogen and oxygen atoms in total. The fraction of sp³-hybridized carbons (Fsp3) is 0.273. The first-order valence-corrected chi connectivity index (χ1v) is 7.47. The van der Waals surface area contributed by atoms with Gasteiger partial charge in [0.05, 0.1) is 9.88 Å². The molecule has 0 aliphatic heterocycles. The van der Waals surface area contributed by atoms with Crippen LogP contribution in [0.2, 0.25) is 0 Å². The molecular weight excluding hydrogens is 272 g/mol. The summed E-state index contributed by atoms with van der Waals surface area (Å²) in [6.07, 6.45) is 1.55. The number of nitrogens with two attached hydrogens (primary N) is 1. The van der Waals surface area contributed by atoms with E-state index < -0.39 is 9.84 Å². The minimum absolute atomic E-state index is 0.183. The van der Waals surface area contributed by atoms with E-state index in [9.17, 15) is 13.2 Å². The lowest BCUT2D eigenvalue weighted by atomic mass is 10.2. The molecule has 0 aromatic heterocycles. The Morgan fingerprint density at radius 2 is 1.89 bits per heavy atom. The number of carbonyl (C=O) groups is 1. The van der Waals surface area contributed by atoms with Crippen molar-refractivity contribution in [2.45, 2.75) is 11.3 Å². The molecule has 0 radical (unpaired) electrons. The lowest BCUT2D eigenvalue weighted by Crippen LogP contribution is -2.27. The first kappa shape index (κ1) is 14.6. The van der Waals surface area contributed by atoms with Crippen LogP contribution in [0.15, 0.2) is 29.2 Å². The van der Waals surface area contributed by atoms with Crippen LogP contribution in [0.4, 0.5) is 0 Å². The summed E-state index contributed by atoms with van der Waals surface area (Å²) >= 11 is 4.68. The van der Waals surface area contributed by atoms with Gasteiger partial charge in [-0.1, -0.05) is 12.2 Å². The number of benzene rings is 1. The summed E-state index contributed by atoms with van der Waals surface area (Å²) in [6.45, 7) is 0.363. The Morgan fingerprint density at radius 1 is 1.33 bits per heavy atom. The van der Waals surface area contributed by atoms with Crippen LogP contribution < -0.4 is 11.1 Å². The van der Waals surface area contributed by atoms with Gasteiger partial charge in [0.15, 0.2) is 9.84 Å². The highest BCUT2D eigenvalue weighted by atomic mass is 32.2. The molecule has 18 heavy (non-hydrogen) atoms. The fourth-order valence-electron chi connectivity index (χ4n) is 1.25. The van der Waals surface area contributed by atoms with Crippen LogP contribution in [0, 0.1) is 0 Å². The molecule has 0 unspecified atom stereocenters. The van der Waals surface area contributed by atoms with Gasteiger partial charge in [0.1, 0.15) is 0 Å². The second-order valence-electron chi connectivity index (χ2n) is 3.77. The highest BCUT2D eigenvalue weighted by Gasteiger charge is 2.09. The third-order valence-corrected chi connectivity index (χ3v) is 3.53. The van der Waals surface area contributed by atoms with Gasteiger partial charge in [-0.25, -0.2) is 8.42 Å². The number of amides is 1. The largest absolute Gasteiger partial charge is 0.393 e. The van der Waals surface area contributed by atoms with Crippen molar-refractivity contribution in [2.75, 3.05) is 12.8 Å². The van der Waals surface area contributed by atoms with Crippen LogP contribution in [-0.4, -0.2) is 32.1 Å². The molecule has 0 heterocycles. The Bertz CT molecular complexity index is 550. The molecule has 3 N–H and O–H groups in total. The van der Waals surface area contributed by atoms with Gasteiger partial charge in [-0.15, -0.1) is 0 Å². The summed E-state index contributed by atoms with van der Waals surface area (Å²) in [5.74, 6) is -0.286. The highest BCUT2D eigenvalue weighted by Crippen LogP contribution is 2.10. The topological polar surface area (TPSA) is 89.3 Å². The Kier molecular flexibility index (Phi) is 4.80. The van der Waals surface area contributed by atoms with Gasteiger partial charge in [0.25, 0.3) is 5.91 Å². The zero-order valence-corrected chi connectivity index (χ0v) is 11.5. The molecule has 1 aromatic carbocycles. The average Bonchev–Trinajstić information content (AvgIpc) is 2.27. The lowest BCUT2D eigenvalue weighted by Gasteiger charge is -2.05. The maximum absolute atomic E-state index is 11.6. The quantitative estimate of drug-likeness (QED) is 0.769. The van der Waals surface area contributed by atoms with E-state index in [0.717, 1.165) is 6.26 Å². The predicted octanol–water partition coefficient (Wildman–Crippen LogP) is 0.496. The Hall–Kier alpha value is -1.47. The number of hydrogen-bond acceptors (Lipinski definition) is 4.